The summed E-state index contributed by atoms with van der Waals surface area (Å²) < 4.78 is 2.83. The third-order valence-electron chi connectivity index (χ3n) is 4.99. The number of hydrogen-bond donors (Lipinski definition) is 1. The van der Waals surface area contributed by atoms with Crippen LogP contribution in [0.4, 0.5) is 0 Å². The zero-order valence-corrected chi connectivity index (χ0v) is 17.1. The Hall–Kier alpha value is -1.66. The average molecular weight is 419 g/mol. The number of rotatable bonds is 6. The summed E-state index contributed by atoms with van der Waals surface area (Å²) in [6.45, 7) is 1.73. The van der Waals surface area contributed by atoms with Gasteiger partial charge in [-0.3, -0.25) is 9.48 Å². The smallest absolute Gasteiger partial charge is 0.251 e. The minimum atomic E-state index is 0.0361. The maximum Gasteiger partial charge on any atom is 0.251 e. The van der Waals surface area contributed by atoms with Gasteiger partial charge in [0.1, 0.15) is 0 Å². The molecule has 0 radical (unpaired) electrons. The Morgan fingerprint density at radius 2 is 2.00 bits per heavy atom. The van der Waals surface area contributed by atoms with Crippen molar-refractivity contribution in [1.82, 2.24) is 20.0 Å². The zero-order valence-electron chi connectivity index (χ0n) is 15.5. The largest absolute Gasteiger partial charge is 0.349 e. The molecule has 6 heteroatoms. The molecule has 1 N–H and O–H groups in total. The van der Waals surface area contributed by atoms with Gasteiger partial charge in [0, 0.05) is 24.3 Å². The number of nitrogens with zero attached hydrogens (tertiary/aromatic N) is 3. The first-order valence-electron chi connectivity index (χ1n) is 9.24. The Bertz CT molecular complexity index is 726. The van der Waals surface area contributed by atoms with Gasteiger partial charge >= 0.3 is 0 Å². The quantitative estimate of drug-likeness (QED) is 0.779. The third kappa shape index (κ3) is 5.17. The van der Waals surface area contributed by atoms with E-state index in [1.165, 1.54) is 19.3 Å². The first kappa shape index (κ1) is 19.1. The van der Waals surface area contributed by atoms with Crippen LogP contribution in [0.15, 0.2) is 41.1 Å². The van der Waals surface area contributed by atoms with E-state index in [-0.39, 0.29) is 11.9 Å². The first-order chi connectivity index (χ1) is 12.5. The number of amides is 1. The molecule has 0 spiro atoms. The van der Waals surface area contributed by atoms with Crippen LogP contribution in [-0.2, 0) is 6.54 Å². The highest BCUT2D eigenvalue weighted by molar-refractivity contribution is 9.10. The highest BCUT2D eigenvalue weighted by atomic mass is 79.9. The zero-order chi connectivity index (χ0) is 18.5. The van der Waals surface area contributed by atoms with E-state index in [1.807, 2.05) is 35.1 Å². The van der Waals surface area contributed by atoms with Gasteiger partial charge in [0.15, 0.2) is 0 Å². The Morgan fingerprint density at radius 3 is 2.65 bits per heavy atom. The third-order valence-corrected chi connectivity index (χ3v) is 5.40. The topological polar surface area (TPSA) is 50.2 Å². The van der Waals surface area contributed by atoms with Gasteiger partial charge in [-0.25, -0.2) is 0 Å². The molecular weight excluding hydrogens is 392 g/mol. The van der Waals surface area contributed by atoms with E-state index >= 15 is 0 Å². The average Bonchev–Trinajstić information content (AvgIpc) is 3.01. The molecule has 1 aromatic carbocycles. The molecule has 0 bridgehead atoms. The molecule has 2 atom stereocenters. The molecule has 3 rings (SSSR count). The molecular formula is C20H27BrN4O. The van der Waals surface area contributed by atoms with E-state index in [4.69, 9.17) is 0 Å². The van der Waals surface area contributed by atoms with Crippen LogP contribution in [0.1, 0.15) is 41.6 Å². The SMILES string of the molecule is CN(C)CC1CCCCC1NC(=O)c1ccc(Cn2cc(Br)cn2)cc1. The second kappa shape index (κ2) is 8.82. The van der Waals surface area contributed by atoms with E-state index in [9.17, 15) is 4.79 Å². The van der Waals surface area contributed by atoms with Gasteiger partial charge in [-0.15, -0.1) is 0 Å². The van der Waals surface area contributed by atoms with Gasteiger partial charge in [0.2, 0.25) is 0 Å². The van der Waals surface area contributed by atoms with Gasteiger partial charge in [0.25, 0.3) is 5.91 Å². The second-order valence-corrected chi connectivity index (χ2v) is 8.36. The minimum Gasteiger partial charge on any atom is -0.349 e. The minimum absolute atomic E-state index is 0.0361. The molecule has 2 aromatic rings. The van der Waals surface area contributed by atoms with Crippen LogP contribution in [0.2, 0.25) is 0 Å². The fourth-order valence-electron chi connectivity index (χ4n) is 3.71. The second-order valence-electron chi connectivity index (χ2n) is 7.44. The maximum atomic E-state index is 12.7. The predicted molar refractivity (Wildman–Crippen MR) is 107 cm³/mol. The summed E-state index contributed by atoms with van der Waals surface area (Å²) in [4.78, 5) is 14.9. The Morgan fingerprint density at radius 1 is 1.27 bits per heavy atom. The van der Waals surface area contributed by atoms with Gasteiger partial charge in [-0.2, -0.15) is 5.10 Å². The molecule has 0 aliphatic heterocycles. The number of aromatic nitrogens is 2. The maximum absolute atomic E-state index is 12.7. The molecule has 1 heterocycles. The highest BCUT2D eigenvalue weighted by Crippen LogP contribution is 2.25. The van der Waals surface area contributed by atoms with E-state index in [1.54, 1.807) is 6.20 Å². The molecule has 1 aliphatic carbocycles. The summed E-state index contributed by atoms with van der Waals surface area (Å²) in [5.41, 5.74) is 1.85. The lowest BCUT2D eigenvalue weighted by Crippen LogP contribution is -2.45. The normalized spacial score (nSPS) is 20.3. The molecule has 1 aliphatic rings. The van der Waals surface area contributed by atoms with Crippen molar-refractivity contribution in [2.45, 2.75) is 38.3 Å². The molecule has 1 amide bonds. The van der Waals surface area contributed by atoms with E-state index in [2.05, 4.69) is 45.3 Å². The van der Waals surface area contributed by atoms with Crippen molar-refractivity contribution < 1.29 is 4.79 Å². The van der Waals surface area contributed by atoms with Crippen molar-refractivity contribution in [3.8, 4) is 0 Å². The van der Waals surface area contributed by atoms with Crippen LogP contribution in [0, 0.1) is 5.92 Å². The molecule has 1 saturated carbocycles. The van der Waals surface area contributed by atoms with Crippen LogP contribution in [0.3, 0.4) is 0 Å². The van der Waals surface area contributed by atoms with Crippen molar-refractivity contribution in [2.24, 2.45) is 5.92 Å². The fraction of sp³-hybridized carbons (Fsp3) is 0.500. The van der Waals surface area contributed by atoms with Crippen molar-refractivity contribution in [2.75, 3.05) is 20.6 Å². The molecule has 140 valence electrons. The number of benzene rings is 1. The van der Waals surface area contributed by atoms with Crippen molar-refractivity contribution in [3.63, 3.8) is 0 Å². The summed E-state index contributed by atoms with van der Waals surface area (Å²) in [5.74, 6) is 0.578. The Labute approximate surface area is 163 Å². The van der Waals surface area contributed by atoms with Crippen LogP contribution < -0.4 is 5.32 Å². The van der Waals surface area contributed by atoms with E-state index in [0.717, 1.165) is 28.6 Å². The number of hydrogen-bond acceptors (Lipinski definition) is 3. The van der Waals surface area contributed by atoms with Gasteiger partial charge in [-0.1, -0.05) is 25.0 Å². The summed E-state index contributed by atoms with van der Waals surface area (Å²) in [6, 6.07) is 8.10. The lowest BCUT2D eigenvalue weighted by Gasteiger charge is -2.34. The Balaban J connectivity index is 1.60. The standard InChI is InChI=1S/C20H27BrN4O/c1-24(2)13-17-5-3-4-6-19(17)23-20(26)16-9-7-15(8-10-16)12-25-14-18(21)11-22-25/h7-11,14,17,19H,3-6,12-13H2,1-2H3,(H,23,26). The molecule has 0 saturated heterocycles. The lowest BCUT2D eigenvalue weighted by atomic mass is 9.84. The molecule has 1 fully saturated rings. The van der Waals surface area contributed by atoms with Crippen LogP contribution >= 0.6 is 15.9 Å². The van der Waals surface area contributed by atoms with Crippen LogP contribution in [-0.4, -0.2) is 47.3 Å². The molecule has 26 heavy (non-hydrogen) atoms. The predicted octanol–water partition coefficient (Wildman–Crippen LogP) is 3.54. The number of carbonyl (C=O) groups is 1. The number of nitrogens with one attached hydrogen (secondary N) is 1. The Kier molecular flexibility index (Phi) is 6.48. The van der Waals surface area contributed by atoms with Gasteiger partial charge in [0.05, 0.1) is 17.2 Å². The molecule has 2 unspecified atom stereocenters. The highest BCUT2D eigenvalue weighted by Gasteiger charge is 2.27. The number of carbonyl (C=O) groups excluding carboxylic acids is 1. The monoisotopic (exact) mass is 418 g/mol. The molecule has 1 aromatic heterocycles. The van der Waals surface area contributed by atoms with Crippen molar-refractivity contribution in [3.05, 3.63) is 52.3 Å². The van der Waals surface area contributed by atoms with Crippen LogP contribution in [0.5, 0.6) is 0 Å². The van der Waals surface area contributed by atoms with Crippen molar-refractivity contribution in [1.29, 1.82) is 0 Å². The van der Waals surface area contributed by atoms with Crippen molar-refractivity contribution >= 4 is 21.8 Å². The van der Waals surface area contributed by atoms with Gasteiger partial charge < -0.3 is 10.2 Å². The van der Waals surface area contributed by atoms with Crippen LogP contribution in [0.25, 0.3) is 0 Å². The first-order valence-corrected chi connectivity index (χ1v) is 10.0. The van der Waals surface area contributed by atoms with E-state index in [0.29, 0.717) is 12.5 Å². The fourth-order valence-corrected chi connectivity index (χ4v) is 4.04. The summed E-state index contributed by atoms with van der Waals surface area (Å²) in [6.07, 6.45) is 8.46. The lowest BCUT2D eigenvalue weighted by molar-refractivity contribution is 0.0895. The summed E-state index contributed by atoms with van der Waals surface area (Å²) >= 11 is 3.40. The summed E-state index contributed by atoms with van der Waals surface area (Å²) in [7, 11) is 4.20. The summed E-state index contributed by atoms with van der Waals surface area (Å²) in [5, 5.41) is 7.54. The number of halogens is 1. The van der Waals surface area contributed by atoms with E-state index < -0.39 is 0 Å². The molecule has 5 nitrogen and oxygen atoms in total. The van der Waals surface area contributed by atoms with Gasteiger partial charge in [-0.05, 0) is 66.5 Å².